The van der Waals surface area contributed by atoms with Gasteiger partial charge in [0.05, 0.1) is 27.2 Å². The van der Waals surface area contributed by atoms with Crippen LogP contribution < -0.4 is 5.32 Å². The highest BCUT2D eigenvalue weighted by atomic mass is 35.5. The van der Waals surface area contributed by atoms with Gasteiger partial charge in [0, 0.05) is 12.7 Å². The number of carbonyl (C=O) groups is 2. The van der Waals surface area contributed by atoms with Crippen LogP contribution in [0, 0.1) is 0 Å². The number of alkyl halides is 6. The summed E-state index contributed by atoms with van der Waals surface area (Å²) in [6, 6.07) is 1.93. The van der Waals surface area contributed by atoms with Gasteiger partial charge >= 0.3 is 24.4 Å². The Morgan fingerprint density at radius 1 is 1.10 bits per heavy atom. The monoisotopic (exact) mass is 598 g/mol. The van der Waals surface area contributed by atoms with E-state index in [1.165, 1.54) is 4.57 Å². The minimum absolute atomic E-state index is 0.0140. The van der Waals surface area contributed by atoms with Gasteiger partial charge < -0.3 is 19.7 Å². The molecule has 1 amide bonds. The second-order valence-electron chi connectivity index (χ2n) is 9.18. The normalized spacial score (nSPS) is 13.4. The lowest BCUT2D eigenvalue weighted by molar-refractivity contribution is -0.140. The van der Waals surface area contributed by atoms with E-state index >= 15 is 0 Å². The van der Waals surface area contributed by atoms with Gasteiger partial charge in [0.1, 0.15) is 16.7 Å². The summed E-state index contributed by atoms with van der Waals surface area (Å²) < 4.78 is 85.2. The molecule has 3 rings (SSSR count). The maximum absolute atomic E-state index is 13.3. The van der Waals surface area contributed by atoms with Gasteiger partial charge in [0.15, 0.2) is 5.16 Å². The number of hydrogen-bond donors (Lipinski definition) is 2. The molecular weight excluding hydrogens is 578 g/mol. The van der Waals surface area contributed by atoms with Gasteiger partial charge in [-0.1, -0.05) is 11.6 Å². The molecule has 0 unspecified atom stereocenters. The van der Waals surface area contributed by atoms with Crippen molar-refractivity contribution in [2.45, 2.75) is 67.9 Å². The lowest BCUT2D eigenvalue weighted by atomic mass is 10.2. The molecule has 0 aliphatic carbocycles. The Balaban J connectivity index is 1.98. The molecule has 0 radical (unpaired) electrons. The lowest BCUT2D eigenvalue weighted by Gasteiger charge is -2.22. The Labute approximate surface area is 226 Å². The fourth-order valence-electron chi connectivity index (χ4n) is 3.29. The molecule has 1 atom stereocenters. The molecule has 0 saturated heterocycles. The summed E-state index contributed by atoms with van der Waals surface area (Å²) in [5, 5.41) is 11.3. The van der Waals surface area contributed by atoms with Crippen molar-refractivity contribution in [2.24, 2.45) is 0 Å². The number of nitrogens with one attached hydrogen (secondary N) is 1. The van der Waals surface area contributed by atoms with Crippen molar-refractivity contribution in [3.8, 4) is 0 Å². The van der Waals surface area contributed by atoms with Crippen molar-refractivity contribution in [3.63, 3.8) is 0 Å². The molecule has 0 bridgehead atoms. The van der Waals surface area contributed by atoms with Crippen LogP contribution in [0.25, 0.3) is 11.0 Å². The number of alkyl carbamates (subject to hydrolysis) is 1. The summed E-state index contributed by atoms with van der Waals surface area (Å²) in [7, 11) is 0. The van der Waals surface area contributed by atoms with Crippen LogP contribution in [0.2, 0.25) is 5.02 Å². The molecule has 0 aliphatic rings. The zero-order valence-electron chi connectivity index (χ0n) is 20.4. The number of imidazole rings is 1. The van der Waals surface area contributed by atoms with Crippen LogP contribution in [0.3, 0.4) is 0 Å². The van der Waals surface area contributed by atoms with Crippen molar-refractivity contribution < 1.29 is 45.8 Å². The maximum atomic E-state index is 13.3. The first-order valence-corrected chi connectivity index (χ1v) is 12.2. The summed E-state index contributed by atoms with van der Waals surface area (Å²) >= 11 is 6.67. The molecule has 2 heterocycles. The number of benzene rings is 1. The molecule has 1 aromatic carbocycles. The number of aromatic nitrogens is 3. The summed E-state index contributed by atoms with van der Waals surface area (Å²) in [5.74, 6) is -1.40. The Hall–Kier alpha value is -3.20. The van der Waals surface area contributed by atoms with Gasteiger partial charge in [0.2, 0.25) is 0 Å². The highest BCUT2D eigenvalue weighted by molar-refractivity contribution is 7.99. The predicted octanol–water partition coefficient (Wildman–Crippen LogP) is 6.64. The van der Waals surface area contributed by atoms with Crippen LogP contribution in [-0.2, 0) is 28.4 Å². The summed E-state index contributed by atoms with van der Waals surface area (Å²) in [5.41, 5.74) is -2.92. The number of aliphatic carboxylic acids is 1. The topological polar surface area (TPSA) is 106 Å². The van der Waals surface area contributed by atoms with E-state index in [1.807, 2.05) is 0 Å². The van der Waals surface area contributed by atoms with E-state index in [2.05, 4.69) is 15.3 Å². The molecular formula is C23H21ClF6N4O4S. The number of carboxylic acid groups (broad SMARTS) is 1. The summed E-state index contributed by atoms with van der Waals surface area (Å²) in [6.07, 6.45) is -10.1. The predicted molar refractivity (Wildman–Crippen MR) is 129 cm³/mol. The van der Waals surface area contributed by atoms with Crippen LogP contribution in [0.5, 0.6) is 0 Å². The fourth-order valence-corrected chi connectivity index (χ4v) is 4.45. The second kappa shape index (κ2) is 11.1. The van der Waals surface area contributed by atoms with Crippen molar-refractivity contribution >= 4 is 46.5 Å². The maximum Gasteiger partial charge on any atom is 0.417 e. The summed E-state index contributed by atoms with van der Waals surface area (Å²) in [6.45, 7) is 4.58. The molecule has 0 aliphatic heterocycles. The van der Waals surface area contributed by atoms with Gasteiger partial charge in [-0.15, -0.1) is 0 Å². The molecule has 39 heavy (non-hydrogen) atoms. The van der Waals surface area contributed by atoms with Crippen molar-refractivity contribution in [3.05, 3.63) is 46.6 Å². The van der Waals surface area contributed by atoms with E-state index in [1.54, 1.807) is 20.8 Å². The molecule has 212 valence electrons. The summed E-state index contributed by atoms with van der Waals surface area (Å²) in [4.78, 5) is 31.7. The van der Waals surface area contributed by atoms with E-state index in [4.69, 9.17) is 16.3 Å². The number of ether oxygens (including phenoxy) is 1. The highest BCUT2D eigenvalue weighted by Gasteiger charge is 2.33. The van der Waals surface area contributed by atoms with Gasteiger partial charge in [-0.3, -0.25) is 0 Å². The Kier molecular flexibility index (Phi) is 8.65. The Bertz CT molecular complexity index is 1390. The van der Waals surface area contributed by atoms with Crippen LogP contribution in [-0.4, -0.2) is 43.3 Å². The molecule has 0 fully saturated rings. The first kappa shape index (κ1) is 30.3. The SMILES string of the molecule is CC(C)(C)OC(=O)N[C@@H](CCn1c(Sc2ncc(C(F)(F)F)cc2Cl)nc2cc(C(F)(F)F)ccc21)C(=O)O. The molecule has 16 heteroatoms. The third-order valence-electron chi connectivity index (χ3n) is 4.99. The van der Waals surface area contributed by atoms with Crippen molar-refractivity contribution in [1.82, 2.24) is 19.9 Å². The number of carbonyl (C=O) groups excluding carboxylic acids is 1. The van der Waals surface area contributed by atoms with Gasteiger partial charge in [0.25, 0.3) is 0 Å². The largest absolute Gasteiger partial charge is 0.480 e. The van der Waals surface area contributed by atoms with E-state index in [0.29, 0.717) is 24.0 Å². The minimum atomic E-state index is -4.70. The van der Waals surface area contributed by atoms with E-state index in [9.17, 15) is 41.0 Å². The zero-order chi connectivity index (χ0) is 29.3. The number of fused-ring (bicyclic) bond motifs is 1. The van der Waals surface area contributed by atoms with E-state index in [0.717, 1.165) is 18.2 Å². The van der Waals surface area contributed by atoms with E-state index in [-0.39, 0.29) is 39.2 Å². The van der Waals surface area contributed by atoms with Crippen LogP contribution >= 0.6 is 23.4 Å². The van der Waals surface area contributed by atoms with Crippen LogP contribution in [0.4, 0.5) is 31.1 Å². The molecule has 8 nitrogen and oxygen atoms in total. The lowest BCUT2D eigenvalue weighted by Crippen LogP contribution is -2.44. The number of pyridine rings is 1. The quantitative estimate of drug-likeness (QED) is 0.294. The van der Waals surface area contributed by atoms with Crippen LogP contribution in [0.1, 0.15) is 38.3 Å². The molecule has 0 spiro atoms. The molecule has 0 saturated carbocycles. The standard InChI is InChI=1S/C23H21ClF6N4O4S/c1-21(2,3)38-20(37)33-14(18(35)36)6-7-34-16-5-4-11(22(25,26)27)9-15(16)32-19(34)39-17-13(24)8-12(10-31-17)23(28,29)30/h4-5,8-10,14H,6-7H2,1-3H3,(H,33,37)(H,35,36)/t14-/m0/s1. The van der Waals surface area contributed by atoms with E-state index < -0.39 is 47.2 Å². The number of halogens is 7. The number of aryl methyl sites for hydroxylation is 1. The average molecular weight is 599 g/mol. The average Bonchev–Trinajstić information content (AvgIpc) is 3.11. The Morgan fingerprint density at radius 3 is 2.28 bits per heavy atom. The zero-order valence-corrected chi connectivity index (χ0v) is 22.0. The van der Waals surface area contributed by atoms with Gasteiger partial charge in [-0.25, -0.2) is 19.6 Å². The third kappa shape index (κ3) is 7.91. The van der Waals surface area contributed by atoms with Crippen LogP contribution in [0.15, 0.2) is 40.6 Å². The molecule has 2 aromatic heterocycles. The fraction of sp³-hybridized carbons (Fsp3) is 0.391. The number of hydrogen-bond acceptors (Lipinski definition) is 6. The first-order chi connectivity index (χ1) is 17.8. The third-order valence-corrected chi connectivity index (χ3v) is 6.41. The molecule has 2 N–H and O–H groups in total. The van der Waals surface area contributed by atoms with Crippen molar-refractivity contribution in [2.75, 3.05) is 0 Å². The smallest absolute Gasteiger partial charge is 0.417 e. The molecule has 3 aromatic rings. The number of rotatable bonds is 7. The minimum Gasteiger partial charge on any atom is -0.480 e. The second-order valence-corrected chi connectivity index (χ2v) is 10.5. The number of carboxylic acids is 1. The Morgan fingerprint density at radius 2 is 1.74 bits per heavy atom. The van der Waals surface area contributed by atoms with Gasteiger partial charge in [-0.05, 0) is 63.2 Å². The van der Waals surface area contributed by atoms with Crippen molar-refractivity contribution in [1.29, 1.82) is 0 Å². The highest BCUT2D eigenvalue weighted by Crippen LogP contribution is 2.38. The number of nitrogens with zero attached hydrogens (tertiary/aromatic N) is 3. The first-order valence-electron chi connectivity index (χ1n) is 11.1. The number of amides is 1. The van der Waals surface area contributed by atoms with Gasteiger partial charge in [-0.2, -0.15) is 26.3 Å².